The molecule has 30 heavy (non-hydrogen) atoms. The molecule has 166 valence electrons. The molecule has 0 fully saturated rings. The Kier molecular flexibility index (Phi) is 11.4. The van der Waals surface area contributed by atoms with E-state index >= 15 is 0 Å². The Labute approximate surface area is 186 Å². The third-order valence-electron chi connectivity index (χ3n) is 6.06. The van der Waals surface area contributed by atoms with Crippen LogP contribution in [0.4, 0.5) is 11.4 Å². The maximum absolute atomic E-state index is 2.66. The highest BCUT2D eigenvalue weighted by Gasteiger charge is 2.13. The molecule has 2 rings (SSSR count). The summed E-state index contributed by atoms with van der Waals surface area (Å²) in [6, 6.07) is 18.0. The summed E-state index contributed by atoms with van der Waals surface area (Å²) in [7, 11) is 0. The molecule has 2 nitrogen and oxygen atoms in total. The number of benzene rings is 2. The molecule has 0 saturated carbocycles. The molecule has 0 unspecified atom stereocenters. The molecular formula is C28H44N2. The van der Waals surface area contributed by atoms with Gasteiger partial charge in [-0.2, -0.15) is 0 Å². The Balaban J connectivity index is 2.07. The lowest BCUT2D eigenvalue weighted by Crippen LogP contribution is -2.32. The summed E-state index contributed by atoms with van der Waals surface area (Å²) < 4.78 is 0. The third-order valence-corrected chi connectivity index (χ3v) is 6.06. The molecule has 0 radical (unpaired) electrons. The first-order valence-corrected chi connectivity index (χ1v) is 12.4. The summed E-state index contributed by atoms with van der Waals surface area (Å²) in [6.07, 6.45) is 9.88. The molecule has 0 aliphatic rings. The fourth-order valence-electron chi connectivity index (χ4n) is 4.39. The molecule has 0 saturated heterocycles. The third kappa shape index (κ3) is 7.38. The highest BCUT2D eigenvalue weighted by molar-refractivity contribution is 5.55. The van der Waals surface area contributed by atoms with Gasteiger partial charge in [0.15, 0.2) is 0 Å². The minimum absolute atomic E-state index is 1.10. The van der Waals surface area contributed by atoms with Crippen LogP contribution >= 0.6 is 0 Å². The smallest absolute Gasteiger partial charge is 0.0398 e. The van der Waals surface area contributed by atoms with Gasteiger partial charge < -0.3 is 9.80 Å². The van der Waals surface area contributed by atoms with Gasteiger partial charge in [-0.15, -0.1) is 0 Å². The van der Waals surface area contributed by atoms with Gasteiger partial charge in [0.1, 0.15) is 0 Å². The molecule has 0 amide bonds. The van der Waals surface area contributed by atoms with Crippen LogP contribution in [0.15, 0.2) is 48.5 Å². The van der Waals surface area contributed by atoms with Crippen LogP contribution in [0.2, 0.25) is 0 Å². The van der Waals surface area contributed by atoms with Crippen molar-refractivity contribution in [2.24, 2.45) is 0 Å². The van der Waals surface area contributed by atoms with Gasteiger partial charge in [-0.3, -0.25) is 0 Å². The summed E-state index contributed by atoms with van der Waals surface area (Å²) >= 11 is 0. The largest absolute Gasteiger partial charge is 0.371 e. The van der Waals surface area contributed by atoms with E-state index in [2.05, 4.69) is 86.0 Å². The van der Waals surface area contributed by atoms with E-state index in [0.29, 0.717) is 0 Å². The number of hydrogen-bond donors (Lipinski definition) is 0. The Morgan fingerprint density at radius 3 is 1.50 bits per heavy atom. The molecule has 0 aromatic heterocycles. The second kappa shape index (κ2) is 14.1. The number of rotatable bonds is 15. The zero-order valence-corrected chi connectivity index (χ0v) is 20.0. The highest BCUT2D eigenvalue weighted by Crippen LogP contribution is 2.24. The fraction of sp³-hybridized carbons (Fsp3) is 0.571. The first-order chi connectivity index (χ1) is 14.7. The first kappa shape index (κ1) is 24.3. The SMILES string of the molecule is CCCCCCN(CCCN(CCC)c1ccccc1CC)c1ccccc1CC. The fourth-order valence-corrected chi connectivity index (χ4v) is 4.39. The summed E-state index contributed by atoms with van der Waals surface area (Å²) in [5.41, 5.74) is 5.84. The lowest BCUT2D eigenvalue weighted by atomic mass is 10.1. The standard InChI is InChI=1S/C28H44N2/c1-5-9-10-15-22-30(28-20-14-12-18-26(28)8-4)24-16-23-29(21-6-2)27-19-13-11-17-25(27)7-3/h11-14,17-20H,5-10,15-16,21-24H2,1-4H3. The Hall–Kier alpha value is -1.96. The summed E-state index contributed by atoms with van der Waals surface area (Å²) in [5.74, 6) is 0. The van der Waals surface area contributed by atoms with Crippen molar-refractivity contribution in [2.45, 2.75) is 79.1 Å². The molecule has 2 aromatic carbocycles. The Bertz CT molecular complexity index is 709. The molecule has 0 spiro atoms. The van der Waals surface area contributed by atoms with E-state index in [9.17, 15) is 0 Å². The summed E-state index contributed by atoms with van der Waals surface area (Å²) in [5, 5.41) is 0. The van der Waals surface area contributed by atoms with Crippen LogP contribution in [0.5, 0.6) is 0 Å². The number of anilines is 2. The minimum Gasteiger partial charge on any atom is -0.371 e. The van der Waals surface area contributed by atoms with Crippen LogP contribution in [-0.2, 0) is 12.8 Å². The van der Waals surface area contributed by atoms with Gasteiger partial charge in [0.2, 0.25) is 0 Å². The van der Waals surface area contributed by atoms with Gasteiger partial charge in [0, 0.05) is 37.6 Å². The molecule has 0 bridgehead atoms. The van der Waals surface area contributed by atoms with Gasteiger partial charge in [-0.1, -0.05) is 83.4 Å². The van der Waals surface area contributed by atoms with E-state index in [0.717, 1.165) is 32.5 Å². The number of nitrogens with zero attached hydrogens (tertiary/aromatic N) is 2. The highest BCUT2D eigenvalue weighted by atomic mass is 15.2. The minimum atomic E-state index is 1.10. The van der Waals surface area contributed by atoms with Crippen molar-refractivity contribution in [1.29, 1.82) is 0 Å². The van der Waals surface area contributed by atoms with Crippen LogP contribution in [0.3, 0.4) is 0 Å². The predicted octanol–water partition coefficient (Wildman–Crippen LogP) is 7.50. The average molecular weight is 409 g/mol. The van der Waals surface area contributed by atoms with Crippen molar-refractivity contribution in [3.8, 4) is 0 Å². The van der Waals surface area contributed by atoms with Crippen molar-refractivity contribution >= 4 is 11.4 Å². The second-order valence-corrected chi connectivity index (χ2v) is 8.35. The van der Waals surface area contributed by atoms with Crippen molar-refractivity contribution in [3.05, 3.63) is 59.7 Å². The lowest BCUT2D eigenvalue weighted by Gasteiger charge is -2.30. The van der Waals surface area contributed by atoms with E-state index < -0.39 is 0 Å². The van der Waals surface area contributed by atoms with Crippen LogP contribution < -0.4 is 9.80 Å². The van der Waals surface area contributed by atoms with Gasteiger partial charge in [0.25, 0.3) is 0 Å². The number of unbranched alkanes of at least 4 members (excludes halogenated alkanes) is 3. The molecule has 0 aliphatic carbocycles. The molecule has 0 heterocycles. The van der Waals surface area contributed by atoms with E-state index in [4.69, 9.17) is 0 Å². The van der Waals surface area contributed by atoms with Crippen LogP contribution in [0, 0.1) is 0 Å². The predicted molar refractivity (Wildman–Crippen MR) is 135 cm³/mol. The van der Waals surface area contributed by atoms with Crippen molar-refractivity contribution < 1.29 is 0 Å². The lowest BCUT2D eigenvalue weighted by molar-refractivity contribution is 0.624. The maximum Gasteiger partial charge on any atom is 0.0398 e. The van der Waals surface area contributed by atoms with Gasteiger partial charge in [-0.05, 0) is 55.4 Å². The van der Waals surface area contributed by atoms with Crippen molar-refractivity contribution in [1.82, 2.24) is 0 Å². The first-order valence-electron chi connectivity index (χ1n) is 12.4. The normalized spacial score (nSPS) is 10.9. The van der Waals surface area contributed by atoms with Crippen molar-refractivity contribution in [2.75, 3.05) is 36.0 Å². The Morgan fingerprint density at radius 2 is 1.00 bits per heavy atom. The molecular weight excluding hydrogens is 364 g/mol. The van der Waals surface area contributed by atoms with Gasteiger partial charge in [-0.25, -0.2) is 0 Å². The van der Waals surface area contributed by atoms with E-state index in [-0.39, 0.29) is 0 Å². The van der Waals surface area contributed by atoms with E-state index in [1.165, 1.54) is 67.6 Å². The van der Waals surface area contributed by atoms with E-state index in [1.807, 2.05) is 0 Å². The molecule has 2 aromatic rings. The second-order valence-electron chi connectivity index (χ2n) is 8.35. The molecule has 2 heteroatoms. The zero-order chi connectivity index (χ0) is 21.6. The molecule has 0 atom stereocenters. The molecule has 0 aliphatic heterocycles. The topological polar surface area (TPSA) is 6.48 Å². The van der Waals surface area contributed by atoms with E-state index in [1.54, 1.807) is 0 Å². The maximum atomic E-state index is 2.66. The monoisotopic (exact) mass is 408 g/mol. The van der Waals surface area contributed by atoms with Crippen molar-refractivity contribution in [3.63, 3.8) is 0 Å². The zero-order valence-electron chi connectivity index (χ0n) is 20.0. The Morgan fingerprint density at radius 1 is 0.500 bits per heavy atom. The summed E-state index contributed by atoms with van der Waals surface area (Å²) in [6.45, 7) is 13.7. The van der Waals surface area contributed by atoms with Crippen LogP contribution in [-0.4, -0.2) is 26.2 Å². The number of hydrogen-bond acceptors (Lipinski definition) is 2. The van der Waals surface area contributed by atoms with Crippen LogP contribution in [0.25, 0.3) is 0 Å². The quantitative estimate of drug-likeness (QED) is 0.281. The van der Waals surface area contributed by atoms with Crippen LogP contribution in [0.1, 0.15) is 77.3 Å². The van der Waals surface area contributed by atoms with Gasteiger partial charge in [0.05, 0.1) is 0 Å². The molecule has 0 N–H and O–H groups in total. The number of para-hydroxylation sites is 2. The van der Waals surface area contributed by atoms with Gasteiger partial charge >= 0.3 is 0 Å². The summed E-state index contributed by atoms with van der Waals surface area (Å²) in [4.78, 5) is 5.27. The average Bonchev–Trinajstić information content (AvgIpc) is 2.80. The number of aryl methyl sites for hydroxylation is 2.